The van der Waals surface area contributed by atoms with Crippen molar-refractivity contribution in [2.24, 2.45) is 0 Å². The van der Waals surface area contributed by atoms with Crippen molar-refractivity contribution in [1.82, 2.24) is 4.90 Å². The van der Waals surface area contributed by atoms with E-state index in [0.29, 0.717) is 22.8 Å². The molecule has 0 aromatic heterocycles. The topological polar surface area (TPSA) is 68.6 Å². The lowest BCUT2D eigenvalue weighted by molar-refractivity contribution is 0.102. The Kier molecular flexibility index (Phi) is 8.67. The molecule has 1 saturated heterocycles. The van der Waals surface area contributed by atoms with E-state index in [1.54, 1.807) is 7.11 Å². The van der Waals surface area contributed by atoms with E-state index in [9.17, 15) is 4.79 Å². The number of rotatable bonds is 8. The molecule has 1 heterocycles. The van der Waals surface area contributed by atoms with Crippen molar-refractivity contribution in [3.05, 3.63) is 113 Å². The minimum atomic E-state index is -0.173. The van der Waals surface area contributed by atoms with Crippen LogP contribution in [0.25, 0.3) is 11.1 Å². The Balaban J connectivity index is 1.23. The second kappa shape index (κ2) is 12.7. The molecular weight excluding hydrogens is 508 g/mol. The molecule has 0 saturated carbocycles. The molecule has 0 radical (unpaired) electrons. The number of nitriles is 1. The summed E-state index contributed by atoms with van der Waals surface area (Å²) >= 11 is 0. The highest BCUT2D eigenvalue weighted by molar-refractivity contribution is 6.09. The van der Waals surface area contributed by atoms with Gasteiger partial charge in [-0.3, -0.25) is 9.69 Å². The fourth-order valence-corrected chi connectivity index (χ4v) is 5.34. The monoisotopic (exact) mass is 544 g/mol. The van der Waals surface area contributed by atoms with Gasteiger partial charge in [-0.2, -0.15) is 5.26 Å². The molecule has 0 unspecified atom stereocenters. The van der Waals surface area contributed by atoms with Crippen LogP contribution in [0.15, 0.2) is 91.0 Å². The lowest BCUT2D eigenvalue weighted by Gasteiger charge is -2.36. The molecule has 41 heavy (non-hydrogen) atoms. The van der Waals surface area contributed by atoms with Crippen LogP contribution in [-0.4, -0.2) is 44.1 Å². The molecular formula is C35H36N4O2. The van der Waals surface area contributed by atoms with E-state index < -0.39 is 0 Å². The Morgan fingerprint density at radius 2 is 1.63 bits per heavy atom. The van der Waals surface area contributed by atoms with Gasteiger partial charge in [0, 0.05) is 49.7 Å². The largest absolute Gasteiger partial charge is 0.496 e. The van der Waals surface area contributed by atoms with Gasteiger partial charge in [0.2, 0.25) is 0 Å². The van der Waals surface area contributed by atoms with Crippen LogP contribution >= 0.6 is 0 Å². The highest BCUT2D eigenvalue weighted by atomic mass is 16.5. The number of piperazine rings is 1. The number of hydrogen-bond donors (Lipinski definition) is 1. The van der Waals surface area contributed by atoms with Gasteiger partial charge in [0.25, 0.3) is 5.91 Å². The Bertz CT molecular complexity index is 1530. The molecule has 1 N–H and O–H groups in total. The number of anilines is 2. The van der Waals surface area contributed by atoms with Crippen molar-refractivity contribution in [2.75, 3.05) is 43.5 Å². The average molecular weight is 545 g/mol. The minimum absolute atomic E-state index is 0.173. The zero-order valence-electron chi connectivity index (χ0n) is 23.9. The van der Waals surface area contributed by atoms with Crippen LogP contribution in [0, 0.1) is 11.3 Å². The maximum absolute atomic E-state index is 13.5. The van der Waals surface area contributed by atoms with Crippen LogP contribution in [0.5, 0.6) is 5.75 Å². The Labute approximate surface area is 242 Å². The summed E-state index contributed by atoms with van der Waals surface area (Å²) in [6, 6.07) is 32.0. The first-order valence-electron chi connectivity index (χ1n) is 14.1. The maximum Gasteiger partial charge on any atom is 0.256 e. The van der Waals surface area contributed by atoms with Crippen molar-refractivity contribution in [3.63, 3.8) is 0 Å². The van der Waals surface area contributed by atoms with Crippen molar-refractivity contribution in [1.29, 1.82) is 5.26 Å². The molecule has 0 atom stereocenters. The molecule has 4 aromatic rings. The summed E-state index contributed by atoms with van der Waals surface area (Å²) in [7, 11) is 1.63. The number of hydrogen-bond acceptors (Lipinski definition) is 5. The standard InChI is InChI=1S/C35H36N4O2/c1-25(2)28-10-12-29(13-11-28)34-32(8-5-9-33(34)41-3)35(40)37-30-14-16-31(17-15-30)39-20-18-38(19-21-39)24-27-7-4-6-26(22-27)23-36/h4-17,22,25H,18-21,24H2,1-3H3,(H,37,40). The number of nitrogens with one attached hydrogen (secondary N) is 1. The number of nitrogens with zero attached hydrogens (tertiary/aromatic N) is 3. The summed E-state index contributed by atoms with van der Waals surface area (Å²) in [5, 5.41) is 12.2. The van der Waals surface area contributed by atoms with Crippen LogP contribution in [0.4, 0.5) is 11.4 Å². The molecule has 4 aromatic carbocycles. The van der Waals surface area contributed by atoms with Crippen LogP contribution < -0.4 is 15.0 Å². The quantitative estimate of drug-likeness (QED) is 0.260. The average Bonchev–Trinajstić information content (AvgIpc) is 3.01. The van der Waals surface area contributed by atoms with Crippen molar-refractivity contribution in [2.45, 2.75) is 26.3 Å². The first-order valence-corrected chi connectivity index (χ1v) is 14.1. The van der Waals surface area contributed by atoms with E-state index in [-0.39, 0.29) is 5.91 Å². The Hall–Kier alpha value is -4.60. The Morgan fingerprint density at radius 3 is 2.29 bits per heavy atom. The van der Waals surface area contributed by atoms with E-state index in [1.807, 2.05) is 48.5 Å². The second-order valence-electron chi connectivity index (χ2n) is 10.7. The number of amides is 1. The van der Waals surface area contributed by atoms with Crippen molar-refractivity contribution in [3.8, 4) is 22.9 Å². The van der Waals surface area contributed by atoms with Gasteiger partial charge in [0.1, 0.15) is 5.75 Å². The van der Waals surface area contributed by atoms with E-state index in [4.69, 9.17) is 10.00 Å². The van der Waals surface area contributed by atoms with Crippen molar-refractivity contribution < 1.29 is 9.53 Å². The highest BCUT2D eigenvalue weighted by Gasteiger charge is 2.20. The van der Waals surface area contributed by atoms with E-state index in [2.05, 4.69) is 77.5 Å². The van der Waals surface area contributed by atoms with Crippen LogP contribution in [0.1, 0.15) is 46.8 Å². The minimum Gasteiger partial charge on any atom is -0.496 e. The predicted octanol–water partition coefficient (Wildman–Crippen LogP) is 6.93. The lowest BCUT2D eigenvalue weighted by Crippen LogP contribution is -2.45. The molecule has 0 bridgehead atoms. The third-order valence-corrected chi connectivity index (χ3v) is 7.68. The van der Waals surface area contributed by atoms with Crippen LogP contribution in [0.3, 0.4) is 0 Å². The zero-order chi connectivity index (χ0) is 28.8. The molecule has 1 aliphatic rings. The highest BCUT2D eigenvalue weighted by Crippen LogP contribution is 2.35. The molecule has 0 aliphatic carbocycles. The molecule has 208 valence electrons. The number of carbonyl (C=O) groups is 1. The summed E-state index contributed by atoms with van der Waals surface area (Å²) in [6.07, 6.45) is 0. The van der Waals surface area contributed by atoms with E-state index in [0.717, 1.165) is 55.2 Å². The molecule has 1 fully saturated rings. The number of methoxy groups -OCH3 is 1. The maximum atomic E-state index is 13.5. The lowest BCUT2D eigenvalue weighted by atomic mass is 9.95. The summed E-state index contributed by atoms with van der Waals surface area (Å²) < 4.78 is 5.65. The molecule has 1 aliphatic heterocycles. The predicted molar refractivity (Wildman–Crippen MR) is 166 cm³/mol. The number of ether oxygens (including phenoxy) is 1. The van der Waals surface area contributed by atoms with Gasteiger partial charge in [-0.25, -0.2) is 0 Å². The third-order valence-electron chi connectivity index (χ3n) is 7.68. The summed E-state index contributed by atoms with van der Waals surface area (Å²) in [6.45, 7) is 8.93. The number of benzene rings is 4. The first kappa shape index (κ1) is 27.9. The van der Waals surface area contributed by atoms with Gasteiger partial charge in [-0.05, 0) is 71.1 Å². The molecule has 6 nitrogen and oxygen atoms in total. The van der Waals surface area contributed by atoms with Gasteiger partial charge in [-0.1, -0.05) is 56.3 Å². The van der Waals surface area contributed by atoms with Crippen molar-refractivity contribution >= 4 is 17.3 Å². The summed E-state index contributed by atoms with van der Waals surface area (Å²) in [5.74, 6) is 0.931. The smallest absolute Gasteiger partial charge is 0.256 e. The van der Waals surface area contributed by atoms with Gasteiger partial charge < -0.3 is 15.0 Å². The summed E-state index contributed by atoms with van der Waals surface area (Å²) in [5.41, 5.74) is 7.32. The molecule has 1 amide bonds. The first-order chi connectivity index (χ1) is 19.9. The SMILES string of the molecule is COc1cccc(C(=O)Nc2ccc(N3CCN(Cc4cccc(C#N)c4)CC3)cc2)c1-c1ccc(C(C)C)cc1. The normalized spacial score (nSPS) is 13.6. The van der Waals surface area contributed by atoms with Crippen LogP contribution in [0.2, 0.25) is 0 Å². The fraction of sp³-hybridized carbons (Fsp3) is 0.257. The molecule has 0 spiro atoms. The number of carbonyl (C=O) groups excluding carboxylic acids is 1. The van der Waals surface area contributed by atoms with E-state index >= 15 is 0 Å². The Morgan fingerprint density at radius 1 is 0.927 bits per heavy atom. The third kappa shape index (κ3) is 6.59. The van der Waals surface area contributed by atoms with Gasteiger partial charge in [0.15, 0.2) is 0 Å². The van der Waals surface area contributed by atoms with E-state index in [1.165, 1.54) is 11.1 Å². The fourth-order valence-electron chi connectivity index (χ4n) is 5.34. The zero-order valence-corrected chi connectivity index (χ0v) is 23.9. The van der Waals surface area contributed by atoms with Gasteiger partial charge in [-0.15, -0.1) is 0 Å². The van der Waals surface area contributed by atoms with Crippen LogP contribution in [-0.2, 0) is 6.54 Å². The van der Waals surface area contributed by atoms with Gasteiger partial charge in [0.05, 0.1) is 24.3 Å². The second-order valence-corrected chi connectivity index (χ2v) is 10.7. The molecule has 5 rings (SSSR count). The summed E-state index contributed by atoms with van der Waals surface area (Å²) in [4.78, 5) is 18.3. The molecule has 6 heteroatoms. The van der Waals surface area contributed by atoms with Gasteiger partial charge >= 0.3 is 0 Å².